The molecule has 6 aromatic rings. The summed E-state index contributed by atoms with van der Waals surface area (Å²) in [4.78, 5) is 14.3. The fraction of sp³-hybridized carbons (Fsp3) is 0.0400. The molecule has 0 spiro atoms. The molecule has 3 aromatic carbocycles. The van der Waals surface area contributed by atoms with Crippen LogP contribution >= 0.6 is 0 Å². The SMILES string of the molecule is Cn1c(-c2cccc3cc[n-]c23)nc2c(-c3ccc4cccc(O)c4n3)cccc21.[Pt]. The van der Waals surface area contributed by atoms with Crippen LogP contribution in [0.1, 0.15) is 0 Å². The summed E-state index contributed by atoms with van der Waals surface area (Å²) in [6, 6.07) is 23.6. The minimum absolute atomic E-state index is 0. The normalized spacial score (nSPS) is 11.3. The second-order valence-corrected chi connectivity index (χ2v) is 7.40. The van der Waals surface area contributed by atoms with Crippen molar-refractivity contribution in [3.05, 3.63) is 79.0 Å². The maximum absolute atomic E-state index is 10.2. The van der Waals surface area contributed by atoms with E-state index >= 15 is 0 Å². The van der Waals surface area contributed by atoms with E-state index in [0.717, 1.165) is 50.0 Å². The maximum Gasteiger partial charge on any atom is 0.141 e. The zero-order valence-electron chi connectivity index (χ0n) is 16.6. The molecule has 5 nitrogen and oxygen atoms in total. The Kier molecular flexibility index (Phi) is 4.64. The van der Waals surface area contributed by atoms with Crippen molar-refractivity contribution in [3.8, 4) is 28.4 Å². The summed E-state index contributed by atoms with van der Waals surface area (Å²) in [7, 11) is 2.02. The summed E-state index contributed by atoms with van der Waals surface area (Å²) in [5.41, 5.74) is 6.16. The van der Waals surface area contributed by atoms with Crippen LogP contribution in [0.3, 0.4) is 0 Å². The van der Waals surface area contributed by atoms with Gasteiger partial charge in [-0.1, -0.05) is 54.6 Å². The van der Waals surface area contributed by atoms with Crippen molar-refractivity contribution >= 4 is 32.8 Å². The molecule has 0 amide bonds. The number of aryl methyl sites for hydroxylation is 1. The van der Waals surface area contributed by atoms with Gasteiger partial charge in [0.2, 0.25) is 0 Å². The van der Waals surface area contributed by atoms with Gasteiger partial charge in [-0.3, -0.25) is 0 Å². The van der Waals surface area contributed by atoms with Crippen molar-refractivity contribution in [2.75, 3.05) is 0 Å². The molecule has 0 aliphatic carbocycles. The molecule has 0 saturated carbocycles. The molecule has 0 aliphatic heterocycles. The fourth-order valence-electron chi connectivity index (χ4n) is 4.16. The van der Waals surface area contributed by atoms with Gasteiger partial charge < -0.3 is 14.7 Å². The van der Waals surface area contributed by atoms with E-state index < -0.39 is 0 Å². The monoisotopic (exact) mass is 584 g/mol. The Hall–Kier alpha value is -3.43. The number of benzene rings is 3. The molecule has 0 atom stereocenters. The third-order valence-corrected chi connectivity index (χ3v) is 5.65. The Labute approximate surface area is 192 Å². The van der Waals surface area contributed by atoms with Crippen molar-refractivity contribution < 1.29 is 26.2 Å². The van der Waals surface area contributed by atoms with Gasteiger partial charge in [0.05, 0.1) is 16.7 Å². The van der Waals surface area contributed by atoms with E-state index in [0.29, 0.717) is 5.52 Å². The van der Waals surface area contributed by atoms with E-state index in [1.54, 1.807) is 6.07 Å². The number of hydrogen-bond donors (Lipinski definition) is 1. The Balaban J connectivity index is 0.00000204. The largest absolute Gasteiger partial charge is 0.663 e. The molecule has 3 aromatic heterocycles. The third-order valence-electron chi connectivity index (χ3n) is 5.65. The van der Waals surface area contributed by atoms with Crippen LogP contribution in [-0.4, -0.2) is 19.6 Å². The van der Waals surface area contributed by atoms with Gasteiger partial charge in [-0.2, -0.15) is 6.20 Å². The molecule has 6 heteroatoms. The number of phenols is 1. The summed E-state index contributed by atoms with van der Waals surface area (Å²) < 4.78 is 2.10. The number of aromatic hydroxyl groups is 1. The van der Waals surface area contributed by atoms with Crippen molar-refractivity contribution in [1.29, 1.82) is 0 Å². The van der Waals surface area contributed by atoms with Crippen LogP contribution < -0.4 is 4.98 Å². The number of fused-ring (bicyclic) bond motifs is 3. The summed E-state index contributed by atoms with van der Waals surface area (Å²) in [6.45, 7) is 0. The average Bonchev–Trinajstić information content (AvgIpc) is 3.38. The fourth-order valence-corrected chi connectivity index (χ4v) is 4.16. The van der Waals surface area contributed by atoms with Gasteiger partial charge in [0.15, 0.2) is 0 Å². The molecule has 0 radical (unpaired) electrons. The van der Waals surface area contributed by atoms with Gasteiger partial charge in [0.1, 0.15) is 17.1 Å². The Morgan fingerprint density at radius 2 is 1.55 bits per heavy atom. The first kappa shape index (κ1) is 19.5. The van der Waals surface area contributed by atoms with Crippen LogP contribution in [0.5, 0.6) is 5.75 Å². The second-order valence-electron chi connectivity index (χ2n) is 7.40. The van der Waals surface area contributed by atoms with E-state index in [2.05, 4.69) is 27.8 Å². The van der Waals surface area contributed by atoms with Crippen molar-refractivity contribution in [1.82, 2.24) is 19.5 Å². The number of para-hydroxylation sites is 3. The Morgan fingerprint density at radius 1 is 0.774 bits per heavy atom. The van der Waals surface area contributed by atoms with Crippen molar-refractivity contribution in [2.24, 2.45) is 7.05 Å². The van der Waals surface area contributed by atoms with E-state index in [4.69, 9.17) is 9.97 Å². The molecule has 0 fully saturated rings. The number of imidazole rings is 1. The number of aromatic nitrogens is 4. The summed E-state index contributed by atoms with van der Waals surface area (Å²) in [5.74, 6) is 1.04. The molecule has 0 bridgehead atoms. The predicted molar refractivity (Wildman–Crippen MR) is 119 cm³/mol. The van der Waals surface area contributed by atoms with Crippen LogP contribution in [0.25, 0.3) is 55.5 Å². The first-order valence-electron chi connectivity index (χ1n) is 9.76. The van der Waals surface area contributed by atoms with E-state index in [9.17, 15) is 5.11 Å². The van der Waals surface area contributed by atoms with Crippen LogP contribution in [0.4, 0.5) is 0 Å². The molecule has 154 valence electrons. The number of phenolic OH excluding ortho intramolecular Hbond substituents is 1. The predicted octanol–water partition coefficient (Wildman–Crippen LogP) is 5.27. The zero-order chi connectivity index (χ0) is 20.2. The van der Waals surface area contributed by atoms with Crippen LogP contribution in [0.2, 0.25) is 0 Å². The molecule has 0 aliphatic rings. The Bertz CT molecular complexity index is 1580. The molecular weight excluding hydrogens is 567 g/mol. The molecular formula is C25H17N4OPt-. The topological polar surface area (TPSA) is 65.0 Å². The van der Waals surface area contributed by atoms with Gasteiger partial charge in [-0.15, -0.1) is 5.52 Å². The summed E-state index contributed by atoms with van der Waals surface area (Å²) >= 11 is 0. The molecule has 6 rings (SSSR count). The van der Waals surface area contributed by atoms with Crippen molar-refractivity contribution in [3.63, 3.8) is 0 Å². The zero-order valence-corrected chi connectivity index (χ0v) is 18.8. The van der Waals surface area contributed by atoms with E-state index in [1.807, 2.05) is 61.8 Å². The number of hydrogen-bond acceptors (Lipinski definition) is 3. The third kappa shape index (κ3) is 2.96. The second kappa shape index (κ2) is 7.36. The molecule has 31 heavy (non-hydrogen) atoms. The van der Waals surface area contributed by atoms with Gasteiger partial charge in [0, 0.05) is 44.6 Å². The van der Waals surface area contributed by atoms with Crippen LogP contribution in [0.15, 0.2) is 79.0 Å². The van der Waals surface area contributed by atoms with Crippen LogP contribution in [0, 0.1) is 0 Å². The van der Waals surface area contributed by atoms with Crippen molar-refractivity contribution in [2.45, 2.75) is 0 Å². The molecule has 0 unspecified atom stereocenters. The quantitative estimate of drug-likeness (QED) is 0.301. The van der Waals surface area contributed by atoms with E-state index in [1.165, 1.54) is 0 Å². The Morgan fingerprint density at radius 3 is 2.45 bits per heavy atom. The maximum atomic E-state index is 10.2. The minimum atomic E-state index is 0. The standard InChI is InChI=1S/C25H17N4O.Pt/c1-29-20-9-4-7-17(19-12-11-15-6-3-10-21(30)23(15)27-19)24(20)28-25(29)18-8-2-5-16-13-14-26-22(16)18;/h2-14H,1H3,(H-,26,27,28,30);/q-1;. The first-order valence-corrected chi connectivity index (χ1v) is 9.76. The van der Waals surface area contributed by atoms with E-state index in [-0.39, 0.29) is 26.8 Å². The molecule has 1 N–H and O–H groups in total. The number of rotatable bonds is 2. The van der Waals surface area contributed by atoms with Gasteiger partial charge in [-0.05, 0) is 23.6 Å². The van der Waals surface area contributed by atoms with Gasteiger partial charge in [0.25, 0.3) is 0 Å². The summed E-state index contributed by atoms with van der Waals surface area (Å²) in [5, 5.41) is 12.3. The van der Waals surface area contributed by atoms with Gasteiger partial charge >= 0.3 is 0 Å². The molecule has 0 saturated heterocycles. The summed E-state index contributed by atoms with van der Waals surface area (Å²) in [6.07, 6.45) is 1.83. The first-order chi connectivity index (χ1) is 14.7. The number of pyridine rings is 1. The minimum Gasteiger partial charge on any atom is -0.663 e. The molecule has 3 heterocycles. The smallest absolute Gasteiger partial charge is 0.141 e. The van der Waals surface area contributed by atoms with Gasteiger partial charge in [-0.25, -0.2) is 9.97 Å². The van der Waals surface area contributed by atoms with Crippen LogP contribution in [-0.2, 0) is 28.1 Å². The number of nitrogens with zero attached hydrogens (tertiary/aromatic N) is 4. The average molecular weight is 585 g/mol.